The summed E-state index contributed by atoms with van der Waals surface area (Å²) in [6, 6.07) is 9.32. The normalized spacial score (nSPS) is 19.7. The number of rotatable bonds is 8. The zero-order chi connectivity index (χ0) is 29.0. The molecule has 2 saturated heterocycles. The average molecular weight is 569 g/mol. The van der Waals surface area contributed by atoms with Crippen LogP contribution in [0, 0.1) is 5.92 Å². The van der Waals surface area contributed by atoms with Crippen LogP contribution >= 0.6 is 0 Å². The molecular formula is C27H32N6O6S. The zero-order valence-corrected chi connectivity index (χ0v) is 23.2. The van der Waals surface area contributed by atoms with Crippen molar-refractivity contribution in [2.75, 3.05) is 6.54 Å². The van der Waals surface area contributed by atoms with Gasteiger partial charge in [0.1, 0.15) is 6.04 Å². The number of hydrogen-bond acceptors (Lipinski definition) is 6. The van der Waals surface area contributed by atoms with Gasteiger partial charge in [0, 0.05) is 19.4 Å². The van der Waals surface area contributed by atoms with Gasteiger partial charge in [0.2, 0.25) is 15.9 Å². The molecule has 0 spiro atoms. The van der Waals surface area contributed by atoms with Crippen LogP contribution in [0.15, 0.2) is 47.4 Å². The molecule has 0 aromatic heterocycles. The molecule has 0 bridgehead atoms. The molecule has 0 radical (unpaired) electrons. The number of amidine groups is 1. The zero-order valence-electron chi connectivity index (χ0n) is 22.4. The molecule has 2 aliphatic heterocycles. The fourth-order valence-corrected chi connectivity index (χ4v) is 6.12. The Morgan fingerprint density at radius 2 is 1.82 bits per heavy atom. The molecule has 2 aromatic rings. The largest absolute Gasteiger partial charge is 0.497 e. The number of sulfonamides is 1. The topological polar surface area (TPSA) is 169 Å². The van der Waals surface area contributed by atoms with Gasteiger partial charge in [-0.25, -0.2) is 18.2 Å². The van der Waals surface area contributed by atoms with Crippen LogP contribution in [0.3, 0.4) is 0 Å². The van der Waals surface area contributed by atoms with Crippen LogP contribution in [-0.4, -0.2) is 71.2 Å². The van der Waals surface area contributed by atoms with Crippen molar-refractivity contribution in [2.24, 2.45) is 5.92 Å². The highest BCUT2D eigenvalue weighted by Crippen LogP contribution is 2.26. The molecule has 2 fully saturated rings. The third kappa shape index (κ3) is 6.27. The Labute approximate surface area is 232 Å². The average Bonchev–Trinajstić information content (AvgIpc) is 3.06. The summed E-state index contributed by atoms with van der Waals surface area (Å²) >= 11 is 0. The summed E-state index contributed by atoms with van der Waals surface area (Å²) < 4.78 is 29.0. The van der Waals surface area contributed by atoms with E-state index < -0.39 is 51.4 Å². The number of nitrogens with one attached hydrogen (secondary N) is 2. The minimum Gasteiger partial charge on any atom is -0.497 e. The van der Waals surface area contributed by atoms with E-state index in [0.29, 0.717) is 18.2 Å². The van der Waals surface area contributed by atoms with Crippen LogP contribution in [0.1, 0.15) is 52.4 Å². The Hall–Kier alpha value is -3.93. The second-order valence-electron chi connectivity index (χ2n) is 10.4. The number of carbonyl (C=O) groups excluding carboxylic acids is 4. The van der Waals surface area contributed by atoms with E-state index in [4.69, 9.17) is 0 Å². The number of nitrogens with zero attached hydrogens (tertiary/aromatic N) is 4. The van der Waals surface area contributed by atoms with E-state index in [1.807, 2.05) is 26.0 Å². The predicted octanol–water partition coefficient (Wildman–Crippen LogP) is 1.76. The number of ketones is 1. The van der Waals surface area contributed by atoms with Crippen molar-refractivity contribution < 1.29 is 32.4 Å². The van der Waals surface area contributed by atoms with E-state index in [9.17, 15) is 33.1 Å². The van der Waals surface area contributed by atoms with Gasteiger partial charge in [-0.2, -0.15) is 10.0 Å². The van der Waals surface area contributed by atoms with Gasteiger partial charge in [0.15, 0.2) is 6.04 Å². The summed E-state index contributed by atoms with van der Waals surface area (Å²) in [4.78, 5) is 55.2. The van der Waals surface area contributed by atoms with Gasteiger partial charge < -0.3 is 10.3 Å². The van der Waals surface area contributed by atoms with E-state index in [2.05, 4.69) is 14.8 Å². The van der Waals surface area contributed by atoms with E-state index in [0.717, 1.165) is 15.4 Å². The number of fused-ring (bicyclic) bond motifs is 2. The standard InChI is InChI=1S/C27H32N6O6S/c1-17(2)9-13-23(34)25(30-28)29-26(36)22-8-5-15-32-24(35)14-12-21(27(37)33(22)32)31-40(38,39)20-11-10-18-6-3-4-7-19(18)16-20/h3-4,6-7,10-11,16-17,21-22,31H,5,8-9,12-15H2,1-2H3,(H,29,36)/t21?,22-/m0/s1. The van der Waals surface area contributed by atoms with Crippen molar-refractivity contribution in [3.63, 3.8) is 0 Å². The van der Waals surface area contributed by atoms with Crippen LogP contribution in [-0.2, 0) is 29.2 Å². The first-order valence-corrected chi connectivity index (χ1v) is 14.7. The van der Waals surface area contributed by atoms with Gasteiger partial charge in [0.05, 0.1) is 4.90 Å². The van der Waals surface area contributed by atoms with Crippen LogP contribution in [0.25, 0.3) is 16.3 Å². The first-order chi connectivity index (χ1) is 19.0. The van der Waals surface area contributed by atoms with E-state index >= 15 is 0 Å². The Bertz CT molecular complexity index is 1500. The van der Waals surface area contributed by atoms with Crippen molar-refractivity contribution >= 4 is 50.1 Å². The molecular weight excluding hydrogens is 536 g/mol. The van der Waals surface area contributed by atoms with Crippen molar-refractivity contribution in [3.8, 4) is 0 Å². The summed E-state index contributed by atoms with van der Waals surface area (Å²) in [5, 5.41) is 6.00. The van der Waals surface area contributed by atoms with Crippen LogP contribution in [0.5, 0.6) is 0 Å². The summed E-state index contributed by atoms with van der Waals surface area (Å²) in [6.07, 6.45) is 0.913. The molecule has 212 valence electrons. The first kappa shape index (κ1) is 29.1. The molecule has 13 heteroatoms. The van der Waals surface area contributed by atoms with E-state index in [-0.39, 0.29) is 43.0 Å². The van der Waals surface area contributed by atoms with Gasteiger partial charge in [-0.05, 0) is 54.5 Å². The summed E-state index contributed by atoms with van der Waals surface area (Å²) in [5.41, 5.74) is 9.35. The van der Waals surface area contributed by atoms with E-state index in [1.165, 1.54) is 12.1 Å². The third-order valence-corrected chi connectivity index (χ3v) is 8.52. The molecule has 2 N–H and O–H groups in total. The lowest BCUT2D eigenvalue weighted by Crippen LogP contribution is -2.64. The first-order valence-electron chi connectivity index (χ1n) is 13.2. The quantitative estimate of drug-likeness (QED) is 0.213. The molecule has 2 aromatic carbocycles. The smallest absolute Gasteiger partial charge is 0.403 e. The molecule has 4 rings (SSSR count). The summed E-state index contributed by atoms with van der Waals surface area (Å²) in [6.45, 7) is 4.02. The second kappa shape index (κ2) is 12.1. The fourth-order valence-electron chi connectivity index (χ4n) is 4.86. The van der Waals surface area contributed by atoms with Crippen molar-refractivity contribution in [3.05, 3.63) is 48.0 Å². The summed E-state index contributed by atoms with van der Waals surface area (Å²) in [7, 11) is -4.17. The maximum atomic E-state index is 13.7. The number of carbonyl (C=O) groups is 4. The Kier molecular flexibility index (Phi) is 8.77. The minimum absolute atomic E-state index is 0.0388. The molecule has 2 heterocycles. The Balaban J connectivity index is 1.56. The van der Waals surface area contributed by atoms with Gasteiger partial charge in [-0.3, -0.25) is 19.4 Å². The SMILES string of the molecule is CC(C)CCC(=O)C(=[N+]=[N-])NC(=O)[C@@H]1CCCN2C(=O)CCC(NS(=O)(=O)c3ccc4ccccc4c3)C(=O)N12. The highest BCUT2D eigenvalue weighted by molar-refractivity contribution is 7.89. The molecule has 40 heavy (non-hydrogen) atoms. The van der Waals surface area contributed by atoms with Gasteiger partial charge >= 0.3 is 11.7 Å². The highest BCUT2D eigenvalue weighted by Gasteiger charge is 2.47. The fraction of sp³-hybridized carbons (Fsp3) is 0.444. The van der Waals surface area contributed by atoms with Gasteiger partial charge in [0.25, 0.3) is 11.7 Å². The maximum absolute atomic E-state index is 13.7. The monoisotopic (exact) mass is 568 g/mol. The van der Waals surface area contributed by atoms with E-state index in [1.54, 1.807) is 18.2 Å². The van der Waals surface area contributed by atoms with Crippen LogP contribution < -0.4 is 10.0 Å². The lowest BCUT2D eigenvalue weighted by molar-refractivity contribution is -0.175. The predicted molar refractivity (Wildman–Crippen MR) is 145 cm³/mol. The Morgan fingerprint density at radius 3 is 2.52 bits per heavy atom. The number of benzene rings is 2. The molecule has 0 saturated carbocycles. The van der Waals surface area contributed by atoms with Gasteiger partial charge in [-0.15, -0.1) is 0 Å². The maximum Gasteiger partial charge on any atom is 0.403 e. The second-order valence-corrected chi connectivity index (χ2v) is 12.1. The molecule has 3 amide bonds. The van der Waals surface area contributed by atoms with Crippen molar-refractivity contribution in [1.82, 2.24) is 20.1 Å². The van der Waals surface area contributed by atoms with Crippen LogP contribution in [0.4, 0.5) is 0 Å². The highest BCUT2D eigenvalue weighted by atomic mass is 32.2. The number of hydrazine groups is 1. The lowest BCUT2D eigenvalue weighted by Gasteiger charge is -2.41. The number of amides is 3. The summed E-state index contributed by atoms with van der Waals surface area (Å²) in [5.74, 6) is -2.91. The molecule has 2 atom stereocenters. The van der Waals surface area contributed by atoms with Crippen molar-refractivity contribution in [2.45, 2.75) is 69.4 Å². The molecule has 1 unspecified atom stereocenters. The van der Waals surface area contributed by atoms with Gasteiger partial charge in [-0.1, -0.05) is 44.2 Å². The lowest BCUT2D eigenvalue weighted by atomic mass is 10.0. The van der Waals surface area contributed by atoms with Crippen molar-refractivity contribution in [1.29, 1.82) is 0 Å². The Morgan fingerprint density at radius 1 is 1.10 bits per heavy atom. The molecule has 12 nitrogen and oxygen atoms in total. The molecule has 2 aliphatic rings. The van der Waals surface area contributed by atoms with Crippen LogP contribution in [0.2, 0.25) is 0 Å². The number of Topliss-reactive ketones (excluding diaryl/α,β-unsaturated/α-hetero) is 1. The number of hydrogen-bond donors (Lipinski definition) is 2. The minimum atomic E-state index is -4.17. The third-order valence-electron chi connectivity index (χ3n) is 7.05. The molecule has 0 aliphatic carbocycles.